The van der Waals surface area contributed by atoms with Gasteiger partial charge in [0.2, 0.25) is 0 Å². The quantitative estimate of drug-likeness (QED) is 0.591. The molecule has 1 aromatic carbocycles. The van der Waals surface area contributed by atoms with Crippen LogP contribution in [0.2, 0.25) is 0 Å². The minimum absolute atomic E-state index is 0.0458. The number of hydrogen-bond donors (Lipinski definition) is 0. The minimum Gasteiger partial charge on any atom is -0.468 e. The summed E-state index contributed by atoms with van der Waals surface area (Å²) in [4.78, 5) is 31.2. The minimum atomic E-state index is -0.657. The molecule has 0 radical (unpaired) electrons. The summed E-state index contributed by atoms with van der Waals surface area (Å²) >= 11 is 1.53. The number of ketones is 2. The Kier molecular flexibility index (Phi) is 4.63. The van der Waals surface area contributed by atoms with Crippen molar-refractivity contribution in [2.45, 2.75) is 32.1 Å². The molecule has 2 fully saturated rings. The number of Topliss-reactive ketones (excluding diaryl/α,β-unsaturated/α-hetero) is 2. The number of fused-ring (bicyclic) bond motifs is 2. The highest BCUT2D eigenvalue weighted by molar-refractivity contribution is 7.15. The van der Waals surface area contributed by atoms with E-state index in [2.05, 4.69) is 0 Å². The molecule has 0 amide bonds. The van der Waals surface area contributed by atoms with Gasteiger partial charge in [0.1, 0.15) is 16.7 Å². The molecule has 136 valence electrons. The maximum atomic E-state index is 12.8. The van der Waals surface area contributed by atoms with Crippen LogP contribution in [0.5, 0.6) is 5.75 Å². The first-order valence-electron chi connectivity index (χ1n) is 8.85. The third-order valence-corrected chi connectivity index (χ3v) is 6.39. The fourth-order valence-corrected chi connectivity index (χ4v) is 4.96. The van der Waals surface area contributed by atoms with Crippen LogP contribution in [0.1, 0.15) is 35.8 Å². The second kappa shape index (κ2) is 6.93. The smallest absolute Gasteiger partial charge is 0.188 e. The van der Waals surface area contributed by atoms with Gasteiger partial charge in [-0.25, -0.2) is 4.98 Å². The normalized spacial score (nSPS) is 24.9. The van der Waals surface area contributed by atoms with Crippen LogP contribution in [0.15, 0.2) is 24.3 Å². The number of aryl methyl sites for hydroxylation is 1. The molecule has 1 aromatic heterocycles. The molecule has 2 aliphatic rings. The molecule has 6 heteroatoms. The SMILES string of the molecule is COCOc1ccc(-c2nc(C3C(=O)C4CC[C@@H](C4)C3=O)c(C)s2)cc1. The molecular formula is C20H21NO4S. The average molecular weight is 371 g/mol. The van der Waals surface area contributed by atoms with Crippen molar-refractivity contribution in [3.63, 3.8) is 0 Å². The predicted molar refractivity (Wildman–Crippen MR) is 98.4 cm³/mol. The van der Waals surface area contributed by atoms with Gasteiger partial charge in [-0.15, -0.1) is 11.3 Å². The lowest BCUT2D eigenvalue weighted by atomic mass is 9.77. The molecule has 2 saturated carbocycles. The highest BCUT2D eigenvalue weighted by atomic mass is 32.1. The van der Waals surface area contributed by atoms with Crippen LogP contribution in [0.3, 0.4) is 0 Å². The van der Waals surface area contributed by atoms with E-state index < -0.39 is 5.92 Å². The van der Waals surface area contributed by atoms with Gasteiger partial charge < -0.3 is 9.47 Å². The standard InChI is InChI=1S/C20H21NO4S/c1-11-17(16-18(22)13-3-4-14(9-13)19(16)23)21-20(26-11)12-5-7-15(8-6-12)25-10-24-2/h5-8,13-14,16H,3-4,9-10H2,1-2H3/t13-,14?,16?/m0/s1. The number of aromatic nitrogens is 1. The van der Waals surface area contributed by atoms with Crippen LogP contribution in [0.4, 0.5) is 0 Å². The highest BCUT2D eigenvalue weighted by Crippen LogP contribution is 2.45. The first-order valence-corrected chi connectivity index (χ1v) is 9.67. The zero-order chi connectivity index (χ0) is 18.3. The predicted octanol–water partition coefficient (Wildman–Crippen LogP) is 3.75. The van der Waals surface area contributed by atoms with Crippen molar-refractivity contribution in [2.24, 2.45) is 11.8 Å². The van der Waals surface area contributed by atoms with Gasteiger partial charge in [-0.3, -0.25) is 9.59 Å². The lowest BCUT2D eigenvalue weighted by Crippen LogP contribution is -2.35. The highest BCUT2D eigenvalue weighted by Gasteiger charge is 2.48. The molecule has 4 rings (SSSR count). The molecular weight excluding hydrogens is 350 g/mol. The number of nitrogens with zero attached hydrogens (tertiary/aromatic N) is 1. The molecule has 0 spiro atoms. The lowest BCUT2D eigenvalue weighted by molar-refractivity contribution is -0.136. The van der Waals surface area contributed by atoms with E-state index in [1.165, 1.54) is 11.3 Å². The van der Waals surface area contributed by atoms with E-state index in [0.717, 1.165) is 40.5 Å². The van der Waals surface area contributed by atoms with Gasteiger partial charge in [0.25, 0.3) is 0 Å². The van der Waals surface area contributed by atoms with Crippen molar-refractivity contribution in [3.8, 4) is 16.3 Å². The molecule has 3 atom stereocenters. The summed E-state index contributed by atoms with van der Waals surface area (Å²) in [5, 5.41) is 0.828. The summed E-state index contributed by atoms with van der Waals surface area (Å²) in [5.74, 6) is 0.307. The summed E-state index contributed by atoms with van der Waals surface area (Å²) in [6.07, 6.45) is 2.45. The molecule has 2 aliphatic carbocycles. The topological polar surface area (TPSA) is 65.5 Å². The summed E-state index contributed by atoms with van der Waals surface area (Å²) in [7, 11) is 1.58. The number of thiazole rings is 1. The van der Waals surface area contributed by atoms with Gasteiger partial charge in [-0.1, -0.05) is 0 Å². The van der Waals surface area contributed by atoms with Crippen molar-refractivity contribution >= 4 is 22.9 Å². The van der Waals surface area contributed by atoms with Crippen LogP contribution in [-0.2, 0) is 14.3 Å². The van der Waals surface area contributed by atoms with Gasteiger partial charge in [-0.2, -0.15) is 0 Å². The molecule has 5 nitrogen and oxygen atoms in total. The average Bonchev–Trinajstić information content (AvgIpc) is 3.25. The molecule has 0 N–H and O–H groups in total. The van der Waals surface area contributed by atoms with E-state index in [-0.39, 0.29) is 30.2 Å². The van der Waals surface area contributed by atoms with E-state index in [4.69, 9.17) is 14.5 Å². The number of benzene rings is 1. The van der Waals surface area contributed by atoms with Crippen LogP contribution in [0.25, 0.3) is 10.6 Å². The first-order chi connectivity index (χ1) is 12.6. The fourth-order valence-electron chi connectivity index (χ4n) is 4.00. The maximum absolute atomic E-state index is 12.8. The van der Waals surface area contributed by atoms with Gasteiger partial charge in [0, 0.05) is 29.4 Å². The molecule has 0 saturated heterocycles. The van der Waals surface area contributed by atoms with Crippen LogP contribution >= 0.6 is 11.3 Å². The molecule has 0 aliphatic heterocycles. The lowest BCUT2D eigenvalue weighted by Gasteiger charge is -2.24. The summed E-state index contributed by atoms with van der Waals surface area (Å²) in [6.45, 7) is 2.15. The zero-order valence-corrected chi connectivity index (χ0v) is 15.7. The Morgan fingerprint density at radius 1 is 1.12 bits per heavy atom. The van der Waals surface area contributed by atoms with Gasteiger partial charge in [0.15, 0.2) is 18.4 Å². The molecule has 1 heterocycles. The Balaban J connectivity index is 1.61. The zero-order valence-electron chi connectivity index (χ0n) is 14.9. The van der Waals surface area contributed by atoms with Crippen molar-refractivity contribution in [1.82, 2.24) is 4.98 Å². The van der Waals surface area contributed by atoms with Crippen LogP contribution in [-0.4, -0.2) is 30.5 Å². The molecule has 2 bridgehead atoms. The number of ether oxygens (including phenoxy) is 2. The Morgan fingerprint density at radius 3 is 2.38 bits per heavy atom. The number of carbonyl (C=O) groups excluding carboxylic acids is 2. The van der Waals surface area contributed by atoms with Crippen molar-refractivity contribution in [3.05, 3.63) is 34.8 Å². The second-order valence-corrected chi connectivity index (χ2v) is 8.18. The van der Waals surface area contributed by atoms with E-state index in [1.807, 2.05) is 31.2 Å². The molecule has 2 aromatic rings. The second-order valence-electron chi connectivity index (χ2n) is 6.98. The van der Waals surface area contributed by atoms with Crippen LogP contribution < -0.4 is 4.74 Å². The van der Waals surface area contributed by atoms with Crippen molar-refractivity contribution in [1.29, 1.82) is 0 Å². The number of carbonyl (C=O) groups is 2. The number of methoxy groups -OCH3 is 1. The summed E-state index contributed by atoms with van der Waals surface area (Å²) in [5.41, 5.74) is 1.61. The Bertz CT molecular complexity index is 820. The third kappa shape index (κ3) is 2.97. The van der Waals surface area contributed by atoms with Gasteiger partial charge >= 0.3 is 0 Å². The van der Waals surface area contributed by atoms with E-state index in [9.17, 15) is 9.59 Å². The van der Waals surface area contributed by atoms with E-state index >= 15 is 0 Å². The first kappa shape index (κ1) is 17.4. The Labute approximate surface area is 156 Å². The van der Waals surface area contributed by atoms with Gasteiger partial charge in [0.05, 0.1) is 5.69 Å². The molecule has 26 heavy (non-hydrogen) atoms. The third-order valence-electron chi connectivity index (χ3n) is 5.36. The largest absolute Gasteiger partial charge is 0.468 e. The van der Waals surface area contributed by atoms with Crippen LogP contribution in [0, 0.1) is 18.8 Å². The van der Waals surface area contributed by atoms with E-state index in [1.54, 1.807) is 7.11 Å². The maximum Gasteiger partial charge on any atom is 0.188 e. The van der Waals surface area contributed by atoms with Crippen molar-refractivity contribution < 1.29 is 19.1 Å². The number of rotatable bonds is 5. The number of hydrogen-bond acceptors (Lipinski definition) is 6. The Hall–Kier alpha value is -2.05. The Morgan fingerprint density at radius 2 is 1.77 bits per heavy atom. The summed E-state index contributed by atoms with van der Waals surface area (Å²) < 4.78 is 10.3. The van der Waals surface area contributed by atoms with E-state index in [0.29, 0.717) is 5.69 Å². The van der Waals surface area contributed by atoms with Gasteiger partial charge in [-0.05, 0) is 50.5 Å². The fraction of sp³-hybridized carbons (Fsp3) is 0.450. The molecule has 2 unspecified atom stereocenters. The summed E-state index contributed by atoms with van der Waals surface area (Å²) in [6, 6.07) is 7.59. The van der Waals surface area contributed by atoms with Crippen molar-refractivity contribution in [2.75, 3.05) is 13.9 Å². The monoisotopic (exact) mass is 371 g/mol.